The zero-order valence-electron chi connectivity index (χ0n) is 20.9. The molecule has 4 aromatic carbocycles. The number of rotatable bonds is 7. The van der Waals surface area contributed by atoms with Gasteiger partial charge in [-0.25, -0.2) is 0 Å². The summed E-state index contributed by atoms with van der Waals surface area (Å²) in [6.07, 6.45) is -0.359. The van der Waals surface area contributed by atoms with Crippen LogP contribution >= 0.6 is 0 Å². The summed E-state index contributed by atoms with van der Waals surface area (Å²) in [6.45, 7) is 2.57. The lowest BCUT2D eigenvalue weighted by atomic mass is 10.1. The Morgan fingerprint density at radius 3 is 2.47 bits per heavy atom. The average molecular weight is 506 g/mol. The van der Waals surface area contributed by atoms with Crippen LogP contribution in [0.25, 0.3) is 0 Å². The molecule has 0 aromatic heterocycles. The molecule has 2 N–H and O–H groups in total. The van der Waals surface area contributed by atoms with E-state index in [0.717, 1.165) is 22.4 Å². The van der Waals surface area contributed by atoms with Crippen LogP contribution in [0, 0.1) is 0 Å². The Labute approximate surface area is 221 Å². The summed E-state index contributed by atoms with van der Waals surface area (Å²) in [5, 5.41) is 6.54. The fourth-order valence-corrected chi connectivity index (χ4v) is 4.91. The molecule has 2 atom stereocenters. The monoisotopic (exact) mass is 505 g/mol. The van der Waals surface area contributed by atoms with Crippen LogP contribution in [0.1, 0.15) is 56.5 Å². The molecule has 2 aliphatic rings. The Kier molecular flexibility index (Phi) is 6.17. The molecule has 0 bridgehead atoms. The third-order valence-electron chi connectivity index (χ3n) is 6.95. The van der Waals surface area contributed by atoms with Gasteiger partial charge < -0.3 is 25.0 Å². The van der Waals surface area contributed by atoms with Crippen LogP contribution in [0.4, 0.5) is 5.69 Å². The van der Waals surface area contributed by atoms with Crippen LogP contribution < -0.4 is 20.1 Å². The van der Waals surface area contributed by atoms with E-state index in [1.54, 1.807) is 12.1 Å². The van der Waals surface area contributed by atoms with E-state index >= 15 is 0 Å². The highest BCUT2D eigenvalue weighted by atomic mass is 16.7. The van der Waals surface area contributed by atoms with Gasteiger partial charge in [0.05, 0.1) is 6.04 Å². The lowest BCUT2D eigenvalue weighted by molar-refractivity contribution is 0.0728. The third kappa shape index (κ3) is 4.54. The molecule has 6 rings (SSSR count). The van der Waals surface area contributed by atoms with Crippen molar-refractivity contribution in [1.82, 2.24) is 10.2 Å². The number of carbonyl (C=O) groups is 2. The van der Waals surface area contributed by atoms with Crippen molar-refractivity contribution < 1.29 is 19.1 Å². The van der Waals surface area contributed by atoms with Crippen LogP contribution in [-0.2, 0) is 6.54 Å². The molecule has 0 aliphatic carbocycles. The third-order valence-corrected chi connectivity index (χ3v) is 6.95. The molecule has 0 fully saturated rings. The molecule has 0 radical (unpaired) electrons. The summed E-state index contributed by atoms with van der Waals surface area (Å²) < 4.78 is 10.9. The van der Waals surface area contributed by atoms with E-state index < -0.39 is 0 Å². The van der Waals surface area contributed by atoms with Crippen LogP contribution in [0.2, 0.25) is 0 Å². The minimum atomic E-state index is -0.359. The second kappa shape index (κ2) is 9.94. The fraction of sp³-hybridized carbons (Fsp3) is 0.161. The number of nitrogens with zero attached hydrogens (tertiary/aromatic N) is 1. The van der Waals surface area contributed by atoms with Crippen LogP contribution in [0.15, 0.2) is 97.1 Å². The lowest BCUT2D eigenvalue weighted by Crippen LogP contribution is -2.32. The number of ether oxygens (including phenoxy) is 2. The van der Waals surface area contributed by atoms with Gasteiger partial charge in [0.25, 0.3) is 11.8 Å². The van der Waals surface area contributed by atoms with Crippen molar-refractivity contribution in [2.45, 2.75) is 25.7 Å². The molecule has 2 amide bonds. The standard InChI is InChI=1S/C31H27N3O4/c1-20(22-7-3-2-4-8-22)32-30(35)23-12-14-24(15-13-23)33-29-25-9-5-6-10-26(25)31(36)34(29)18-21-11-16-27-28(17-21)38-19-37-27/h2-17,20,29,33H,18-19H2,1H3,(H,32,35). The minimum absolute atomic E-state index is 0.0401. The van der Waals surface area contributed by atoms with Crippen molar-refractivity contribution in [3.05, 3.63) is 125 Å². The maximum absolute atomic E-state index is 13.4. The molecule has 7 nitrogen and oxygen atoms in total. The lowest BCUT2D eigenvalue weighted by Gasteiger charge is -2.27. The van der Waals surface area contributed by atoms with E-state index in [1.165, 1.54) is 0 Å². The molecule has 190 valence electrons. The molecule has 7 heteroatoms. The van der Waals surface area contributed by atoms with Gasteiger partial charge in [0.15, 0.2) is 11.5 Å². The van der Waals surface area contributed by atoms with Gasteiger partial charge in [-0.05, 0) is 60.5 Å². The first-order valence-electron chi connectivity index (χ1n) is 12.6. The van der Waals surface area contributed by atoms with Crippen LogP contribution in [0.5, 0.6) is 11.5 Å². The number of benzene rings is 4. The Balaban J connectivity index is 1.19. The number of fused-ring (bicyclic) bond motifs is 2. The van der Waals surface area contributed by atoms with Crippen LogP contribution in [0.3, 0.4) is 0 Å². The van der Waals surface area contributed by atoms with Crippen molar-refractivity contribution in [1.29, 1.82) is 0 Å². The molecule has 2 aliphatic heterocycles. The molecule has 2 heterocycles. The van der Waals surface area contributed by atoms with Gasteiger partial charge in [-0.3, -0.25) is 9.59 Å². The molecule has 0 spiro atoms. The largest absolute Gasteiger partial charge is 0.454 e. The molecule has 4 aromatic rings. The smallest absolute Gasteiger partial charge is 0.256 e. The SMILES string of the molecule is CC(NC(=O)c1ccc(NC2c3ccccc3C(=O)N2Cc2ccc3c(c2)OCO3)cc1)c1ccccc1. The summed E-state index contributed by atoms with van der Waals surface area (Å²) in [6, 6.07) is 30.4. The van der Waals surface area contributed by atoms with Gasteiger partial charge in [-0.1, -0.05) is 54.6 Å². The van der Waals surface area contributed by atoms with Gasteiger partial charge in [0, 0.05) is 28.9 Å². The predicted molar refractivity (Wildman–Crippen MR) is 144 cm³/mol. The van der Waals surface area contributed by atoms with Gasteiger partial charge in [0.1, 0.15) is 6.17 Å². The highest BCUT2D eigenvalue weighted by Gasteiger charge is 2.36. The number of anilines is 1. The molecule has 0 saturated carbocycles. The first-order valence-corrected chi connectivity index (χ1v) is 12.6. The number of amides is 2. The van der Waals surface area contributed by atoms with E-state index in [2.05, 4.69) is 10.6 Å². The molecular weight excluding hydrogens is 478 g/mol. The van der Waals surface area contributed by atoms with Gasteiger partial charge in [-0.15, -0.1) is 0 Å². The quantitative estimate of drug-likeness (QED) is 0.338. The summed E-state index contributed by atoms with van der Waals surface area (Å²) in [4.78, 5) is 28.0. The second-order valence-corrected chi connectivity index (χ2v) is 9.44. The summed E-state index contributed by atoms with van der Waals surface area (Å²) in [7, 11) is 0. The van der Waals surface area contributed by atoms with Crippen LogP contribution in [-0.4, -0.2) is 23.5 Å². The number of nitrogens with one attached hydrogen (secondary N) is 2. The molecule has 0 saturated heterocycles. The Morgan fingerprint density at radius 1 is 0.921 bits per heavy atom. The van der Waals surface area contributed by atoms with E-state index in [-0.39, 0.29) is 30.8 Å². The maximum Gasteiger partial charge on any atom is 0.256 e. The first-order chi connectivity index (χ1) is 18.6. The molecule has 38 heavy (non-hydrogen) atoms. The number of carbonyl (C=O) groups excluding carboxylic acids is 2. The van der Waals surface area contributed by atoms with E-state index in [4.69, 9.17) is 9.47 Å². The minimum Gasteiger partial charge on any atom is -0.454 e. The molecular formula is C31H27N3O4. The normalized spacial score (nSPS) is 16.2. The topological polar surface area (TPSA) is 79.9 Å². The number of hydrogen-bond donors (Lipinski definition) is 2. The van der Waals surface area contributed by atoms with Crippen molar-refractivity contribution in [2.24, 2.45) is 0 Å². The highest BCUT2D eigenvalue weighted by molar-refractivity contribution is 5.99. The zero-order chi connectivity index (χ0) is 26.1. The Morgan fingerprint density at radius 2 is 1.66 bits per heavy atom. The Hall–Kier alpha value is -4.78. The Bertz CT molecular complexity index is 1490. The summed E-state index contributed by atoms with van der Waals surface area (Å²) >= 11 is 0. The maximum atomic E-state index is 13.4. The fourth-order valence-electron chi connectivity index (χ4n) is 4.91. The predicted octanol–water partition coefficient (Wildman–Crippen LogP) is 5.67. The number of hydrogen-bond acceptors (Lipinski definition) is 5. The zero-order valence-corrected chi connectivity index (χ0v) is 20.9. The first kappa shape index (κ1) is 23.6. The van der Waals surface area contributed by atoms with Crippen molar-refractivity contribution in [2.75, 3.05) is 12.1 Å². The van der Waals surface area contributed by atoms with E-state index in [9.17, 15) is 9.59 Å². The van der Waals surface area contributed by atoms with Crippen molar-refractivity contribution >= 4 is 17.5 Å². The summed E-state index contributed by atoms with van der Waals surface area (Å²) in [5.41, 5.74) is 4.96. The summed E-state index contributed by atoms with van der Waals surface area (Å²) in [5.74, 6) is 1.22. The highest BCUT2D eigenvalue weighted by Crippen LogP contribution is 2.38. The van der Waals surface area contributed by atoms with E-state index in [0.29, 0.717) is 29.2 Å². The average Bonchev–Trinajstić information content (AvgIpc) is 3.52. The van der Waals surface area contributed by atoms with Gasteiger partial charge >= 0.3 is 0 Å². The van der Waals surface area contributed by atoms with Gasteiger partial charge in [-0.2, -0.15) is 0 Å². The van der Waals surface area contributed by atoms with E-state index in [1.807, 2.05) is 96.8 Å². The van der Waals surface area contributed by atoms with Gasteiger partial charge in [0.2, 0.25) is 6.79 Å². The molecule has 2 unspecified atom stereocenters. The van der Waals surface area contributed by atoms with Crippen molar-refractivity contribution in [3.63, 3.8) is 0 Å². The van der Waals surface area contributed by atoms with Crippen molar-refractivity contribution in [3.8, 4) is 11.5 Å². The second-order valence-electron chi connectivity index (χ2n) is 9.44.